The Kier molecular flexibility index (Phi) is 5.02. The van der Waals surface area contributed by atoms with Gasteiger partial charge in [0, 0.05) is 12.4 Å². The average molecular weight is 250 g/mol. The Morgan fingerprint density at radius 2 is 2.25 bits per heavy atom. The normalized spacial score (nSPS) is 22.2. The number of halogens is 1. The number of nitrogens with zero attached hydrogens (tertiary/aromatic N) is 1. The minimum Gasteiger partial charge on any atom is -0.377 e. The molecule has 1 aliphatic rings. The lowest BCUT2D eigenvalue weighted by molar-refractivity contribution is -0.148. The van der Waals surface area contributed by atoms with Gasteiger partial charge in [0.25, 0.3) is 0 Å². The first-order valence-electron chi connectivity index (χ1n) is 5.51. The summed E-state index contributed by atoms with van der Waals surface area (Å²) in [5, 5.41) is 0. The summed E-state index contributed by atoms with van der Waals surface area (Å²) in [6.45, 7) is 7.59. The maximum atomic E-state index is 11.9. The Bertz CT molecular complexity index is 240. The number of carbonyl (C=O) groups excluding carboxylic acids is 1. The number of amides is 1. The number of carbonyl (C=O) groups is 1. The van der Waals surface area contributed by atoms with Crippen molar-refractivity contribution in [3.8, 4) is 0 Å². The predicted octanol–water partition coefficient (Wildman–Crippen LogP) is 1.27. The monoisotopic (exact) mass is 249 g/mol. The van der Waals surface area contributed by atoms with E-state index in [4.69, 9.17) is 21.1 Å². The molecule has 0 bridgehead atoms. The zero-order chi connectivity index (χ0) is 12.2. The van der Waals surface area contributed by atoms with Crippen molar-refractivity contribution in [3.63, 3.8) is 0 Å². The molecular weight excluding hydrogens is 230 g/mol. The Hall–Kier alpha value is -0.320. The average Bonchev–Trinajstić information content (AvgIpc) is 2.25. The van der Waals surface area contributed by atoms with E-state index in [0.29, 0.717) is 25.6 Å². The topological polar surface area (TPSA) is 38.8 Å². The first kappa shape index (κ1) is 13.7. The van der Waals surface area contributed by atoms with Crippen molar-refractivity contribution in [3.05, 3.63) is 0 Å². The summed E-state index contributed by atoms with van der Waals surface area (Å²) >= 11 is 5.79. The number of morpholine rings is 1. The van der Waals surface area contributed by atoms with E-state index in [-0.39, 0.29) is 24.2 Å². The Morgan fingerprint density at radius 3 is 2.81 bits per heavy atom. The molecule has 1 atom stereocenters. The molecule has 0 saturated carbocycles. The second-order valence-corrected chi connectivity index (χ2v) is 5.18. The molecule has 94 valence electrons. The van der Waals surface area contributed by atoms with E-state index >= 15 is 0 Å². The Labute approximate surface area is 102 Å². The molecule has 1 fully saturated rings. The third-order valence-electron chi connectivity index (χ3n) is 2.35. The van der Waals surface area contributed by atoms with Crippen LogP contribution in [0.15, 0.2) is 0 Å². The first-order valence-corrected chi connectivity index (χ1v) is 6.04. The van der Waals surface area contributed by atoms with Crippen molar-refractivity contribution in [2.45, 2.75) is 32.4 Å². The van der Waals surface area contributed by atoms with Crippen LogP contribution in [0.4, 0.5) is 0 Å². The highest BCUT2D eigenvalue weighted by atomic mass is 35.5. The maximum absolute atomic E-state index is 11.9. The lowest BCUT2D eigenvalue weighted by Gasteiger charge is -2.35. The summed E-state index contributed by atoms with van der Waals surface area (Å²) in [5.41, 5.74) is -0.293. The lowest BCUT2D eigenvalue weighted by atomic mass is 10.2. The standard InChI is InChI=1S/C11H20ClNO3/c1-11(2,3)16-8-10(14)13-4-5-15-7-9(13)6-12/h9H,4-8H2,1-3H3. The van der Waals surface area contributed by atoms with Gasteiger partial charge in [-0.2, -0.15) is 0 Å². The second-order valence-electron chi connectivity index (χ2n) is 4.87. The van der Waals surface area contributed by atoms with E-state index in [9.17, 15) is 4.79 Å². The predicted molar refractivity (Wildman–Crippen MR) is 62.7 cm³/mol. The zero-order valence-corrected chi connectivity index (χ0v) is 10.9. The van der Waals surface area contributed by atoms with E-state index in [2.05, 4.69) is 0 Å². The van der Waals surface area contributed by atoms with Crippen LogP contribution in [0.25, 0.3) is 0 Å². The van der Waals surface area contributed by atoms with Crippen LogP contribution in [0, 0.1) is 0 Å². The van der Waals surface area contributed by atoms with Crippen molar-refractivity contribution >= 4 is 17.5 Å². The summed E-state index contributed by atoms with van der Waals surface area (Å²) < 4.78 is 10.7. The van der Waals surface area contributed by atoms with Crippen molar-refractivity contribution < 1.29 is 14.3 Å². The van der Waals surface area contributed by atoms with Gasteiger partial charge in [0.05, 0.1) is 24.9 Å². The number of hydrogen-bond acceptors (Lipinski definition) is 3. The molecule has 0 aromatic carbocycles. The number of rotatable bonds is 3. The molecule has 0 spiro atoms. The molecule has 1 aliphatic heterocycles. The van der Waals surface area contributed by atoms with Crippen molar-refractivity contribution in [1.82, 2.24) is 4.90 Å². The quantitative estimate of drug-likeness (QED) is 0.707. The minimum atomic E-state index is -0.293. The molecule has 1 saturated heterocycles. The zero-order valence-electron chi connectivity index (χ0n) is 10.2. The van der Waals surface area contributed by atoms with Crippen molar-refractivity contribution in [2.75, 3.05) is 32.2 Å². The number of hydrogen-bond donors (Lipinski definition) is 0. The van der Waals surface area contributed by atoms with Gasteiger partial charge in [-0.05, 0) is 20.8 Å². The van der Waals surface area contributed by atoms with E-state index in [1.54, 1.807) is 4.90 Å². The second kappa shape index (κ2) is 5.84. The number of alkyl halides is 1. The van der Waals surface area contributed by atoms with Gasteiger partial charge in [0.2, 0.25) is 5.91 Å². The summed E-state index contributed by atoms with van der Waals surface area (Å²) in [5.74, 6) is 0.394. The van der Waals surface area contributed by atoms with Crippen LogP contribution in [0.2, 0.25) is 0 Å². The summed E-state index contributed by atoms with van der Waals surface area (Å²) in [7, 11) is 0. The molecule has 1 unspecified atom stereocenters. The molecular formula is C11H20ClNO3. The summed E-state index contributed by atoms with van der Waals surface area (Å²) in [4.78, 5) is 13.7. The largest absolute Gasteiger partial charge is 0.377 e. The van der Waals surface area contributed by atoms with E-state index < -0.39 is 0 Å². The Morgan fingerprint density at radius 1 is 1.56 bits per heavy atom. The third-order valence-corrected chi connectivity index (χ3v) is 2.71. The Balaban J connectivity index is 2.45. The summed E-state index contributed by atoms with van der Waals surface area (Å²) in [6, 6.07) is -0.0218. The van der Waals surface area contributed by atoms with Crippen LogP contribution in [0.5, 0.6) is 0 Å². The molecule has 4 nitrogen and oxygen atoms in total. The highest BCUT2D eigenvalue weighted by molar-refractivity contribution is 6.18. The fraction of sp³-hybridized carbons (Fsp3) is 0.909. The smallest absolute Gasteiger partial charge is 0.249 e. The van der Waals surface area contributed by atoms with E-state index in [0.717, 1.165) is 0 Å². The molecule has 0 N–H and O–H groups in total. The SMILES string of the molecule is CC(C)(C)OCC(=O)N1CCOCC1CCl. The minimum absolute atomic E-state index is 0.0103. The molecule has 0 aliphatic carbocycles. The highest BCUT2D eigenvalue weighted by Crippen LogP contribution is 2.11. The fourth-order valence-corrected chi connectivity index (χ4v) is 1.73. The van der Waals surface area contributed by atoms with Gasteiger partial charge < -0.3 is 14.4 Å². The maximum Gasteiger partial charge on any atom is 0.249 e. The lowest BCUT2D eigenvalue weighted by Crippen LogP contribution is -2.51. The van der Waals surface area contributed by atoms with Gasteiger partial charge in [-0.1, -0.05) is 0 Å². The van der Waals surface area contributed by atoms with Crippen LogP contribution in [-0.2, 0) is 14.3 Å². The van der Waals surface area contributed by atoms with Gasteiger partial charge >= 0.3 is 0 Å². The van der Waals surface area contributed by atoms with Gasteiger partial charge in [0.15, 0.2) is 0 Å². The van der Waals surface area contributed by atoms with Crippen LogP contribution in [-0.4, -0.2) is 54.7 Å². The molecule has 16 heavy (non-hydrogen) atoms. The molecule has 1 rings (SSSR count). The molecule has 1 heterocycles. The van der Waals surface area contributed by atoms with Crippen LogP contribution in [0.1, 0.15) is 20.8 Å². The molecule has 1 amide bonds. The van der Waals surface area contributed by atoms with Gasteiger partial charge in [-0.15, -0.1) is 11.6 Å². The van der Waals surface area contributed by atoms with Gasteiger partial charge in [-0.3, -0.25) is 4.79 Å². The summed E-state index contributed by atoms with van der Waals surface area (Å²) in [6.07, 6.45) is 0. The fourth-order valence-electron chi connectivity index (χ4n) is 1.47. The van der Waals surface area contributed by atoms with Crippen LogP contribution >= 0.6 is 11.6 Å². The van der Waals surface area contributed by atoms with Crippen LogP contribution < -0.4 is 0 Å². The van der Waals surface area contributed by atoms with E-state index in [1.807, 2.05) is 20.8 Å². The third kappa shape index (κ3) is 4.28. The van der Waals surface area contributed by atoms with Crippen molar-refractivity contribution in [2.24, 2.45) is 0 Å². The molecule has 5 heteroatoms. The van der Waals surface area contributed by atoms with Gasteiger partial charge in [-0.25, -0.2) is 0 Å². The molecule has 0 aromatic rings. The van der Waals surface area contributed by atoms with Crippen molar-refractivity contribution in [1.29, 1.82) is 0 Å². The molecule has 0 aromatic heterocycles. The van der Waals surface area contributed by atoms with Gasteiger partial charge in [0.1, 0.15) is 6.61 Å². The van der Waals surface area contributed by atoms with E-state index in [1.165, 1.54) is 0 Å². The number of ether oxygens (including phenoxy) is 2. The molecule has 0 radical (unpaired) electrons. The first-order chi connectivity index (χ1) is 7.44. The van der Waals surface area contributed by atoms with Crippen LogP contribution in [0.3, 0.4) is 0 Å². The highest BCUT2D eigenvalue weighted by Gasteiger charge is 2.27.